The van der Waals surface area contributed by atoms with Gasteiger partial charge in [-0.05, 0) is 40.7 Å². The molecular weight excluding hydrogens is 276 g/mol. The van der Waals surface area contributed by atoms with E-state index in [1.165, 1.54) is 0 Å². The Hall–Kier alpha value is -0.850. The summed E-state index contributed by atoms with van der Waals surface area (Å²) < 4.78 is 0. The van der Waals surface area contributed by atoms with Gasteiger partial charge in [-0.1, -0.05) is 11.3 Å². The summed E-state index contributed by atoms with van der Waals surface area (Å²) >= 11 is 3.35. The van der Waals surface area contributed by atoms with Gasteiger partial charge in [0.05, 0.1) is 9.88 Å². The van der Waals surface area contributed by atoms with Crippen molar-refractivity contribution < 1.29 is 0 Å². The number of aryl methyl sites for hydroxylation is 2. The van der Waals surface area contributed by atoms with E-state index in [2.05, 4.69) is 41.3 Å². The summed E-state index contributed by atoms with van der Waals surface area (Å²) in [5.41, 5.74) is 0.187. The molecule has 6 heteroatoms. The fraction of sp³-hybridized carbons (Fsp3) is 0.615. The highest BCUT2D eigenvalue weighted by Gasteiger charge is 2.10. The van der Waals surface area contributed by atoms with Gasteiger partial charge in [0.25, 0.3) is 0 Å². The highest BCUT2D eigenvalue weighted by Crippen LogP contribution is 2.28. The molecular formula is C13H20N4S2. The van der Waals surface area contributed by atoms with Crippen LogP contribution in [0.2, 0.25) is 0 Å². The predicted molar refractivity (Wildman–Crippen MR) is 81.8 cm³/mol. The second-order valence-corrected chi connectivity index (χ2v) is 7.82. The normalized spacial score (nSPS) is 12.0. The molecule has 1 N–H and O–H groups in total. The van der Waals surface area contributed by atoms with Gasteiger partial charge in [0, 0.05) is 18.2 Å². The summed E-state index contributed by atoms with van der Waals surface area (Å²) in [5, 5.41) is 15.2. The average Bonchev–Trinajstić information content (AvgIpc) is 2.92. The van der Waals surface area contributed by atoms with Crippen LogP contribution in [0.1, 0.15) is 37.2 Å². The van der Waals surface area contributed by atoms with Crippen LogP contribution in [0.25, 0.3) is 9.88 Å². The topological polar surface area (TPSA) is 50.7 Å². The lowest BCUT2D eigenvalue weighted by atomic mass is 10.1. The van der Waals surface area contributed by atoms with Crippen LogP contribution in [0.3, 0.4) is 0 Å². The third kappa shape index (κ3) is 4.63. The van der Waals surface area contributed by atoms with Gasteiger partial charge in [-0.3, -0.25) is 0 Å². The number of hydrogen-bond acceptors (Lipinski definition) is 6. The summed E-state index contributed by atoms with van der Waals surface area (Å²) in [4.78, 5) is 5.37. The Balaban J connectivity index is 1.85. The van der Waals surface area contributed by atoms with E-state index >= 15 is 0 Å². The van der Waals surface area contributed by atoms with Crippen LogP contribution >= 0.6 is 22.7 Å². The number of aromatic nitrogens is 3. The molecule has 2 rings (SSSR count). The van der Waals surface area contributed by atoms with Crippen LogP contribution in [-0.2, 0) is 6.42 Å². The molecule has 19 heavy (non-hydrogen) atoms. The minimum atomic E-state index is 0.187. The number of hydrogen-bond donors (Lipinski definition) is 1. The molecule has 0 amide bonds. The van der Waals surface area contributed by atoms with Gasteiger partial charge < -0.3 is 5.32 Å². The zero-order chi connectivity index (χ0) is 13.9. The molecule has 0 bridgehead atoms. The summed E-state index contributed by atoms with van der Waals surface area (Å²) in [5.74, 6) is 0. The summed E-state index contributed by atoms with van der Waals surface area (Å²) in [7, 11) is 0. The van der Waals surface area contributed by atoms with Crippen LogP contribution in [0.4, 0.5) is 0 Å². The van der Waals surface area contributed by atoms with Crippen molar-refractivity contribution in [3.05, 3.63) is 16.2 Å². The molecule has 0 saturated carbocycles. The second kappa shape index (κ2) is 6.07. The Labute approximate surface area is 122 Å². The minimum Gasteiger partial charge on any atom is -0.312 e. The van der Waals surface area contributed by atoms with E-state index in [4.69, 9.17) is 0 Å². The van der Waals surface area contributed by atoms with Gasteiger partial charge in [-0.2, -0.15) is 0 Å². The molecule has 0 fully saturated rings. The number of nitrogens with zero attached hydrogens (tertiary/aromatic N) is 3. The van der Waals surface area contributed by atoms with Crippen LogP contribution in [-0.4, -0.2) is 27.3 Å². The third-order valence-corrected chi connectivity index (χ3v) is 4.59. The second-order valence-electron chi connectivity index (χ2n) is 5.52. The highest BCUT2D eigenvalue weighted by atomic mass is 32.1. The van der Waals surface area contributed by atoms with Gasteiger partial charge in [-0.25, -0.2) is 4.98 Å². The number of nitrogens with one attached hydrogen (secondary N) is 1. The SMILES string of the molecule is Cc1ncc(-c2nnc(CCCNC(C)(C)C)s2)s1. The molecule has 0 aliphatic heterocycles. The van der Waals surface area contributed by atoms with E-state index in [0.717, 1.165) is 39.3 Å². The Morgan fingerprint density at radius 1 is 1.21 bits per heavy atom. The van der Waals surface area contributed by atoms with Gasteiger partial charge in [0.1, 0.15) is 5.01 Å². The van der Waals surface area contributed by atoms with Crippen LogP contribution in [0, 0.1) is 6.92 Å². The number of rotatable bonds is 5. The third-order valence-electron chi connectivity index (χ3n) is 2.52. The van der Waals surface area contributed by atoms with E-state index in [9.17, 15) is 0 Å². The van der Waals surface area contributed by atoms with Crippen LogP contribution in [0.15, 0.2) is 6.20 Å². The first-order chi connectivity index (χ1) is 8.94. The van der Waals surface area contributed by atoms with Crippen molar-refractivity contribution in [1.82, 2.24) is 20.5 Å². The lowest BCUT2D eigenvalue weighted by Crippen LogP contribution is -2.36. The molecule has 2 aromatic rings. The zero-order valence-electron chi connectivity index (χ0n) is 11.9. The molecule has 0 aliphatic rings. The van der Waals surface area contributed by atoms with Gasteiger partial charge in [0.15, 0.2) is 5.01 Å². The van der Waals surface area contributed by atoms with E-state index in [0.29, 0.717) is 0 Å². The molecule has 0 atom stereocenters. The van der Waals surface area contributed by atoms with E-state index in [1.807, 2.05) is 13.1 Å². The summed E-state index contributed by atoms with van der Waals surface area (Å²) in [6.45, 7) is 9.57. The minimum absolute atomic E-state index is 0.187. The Morgan fingerprint density at radius 3 is 2.63 bits per heavy atom. The first-order valence-electron chi connectivity index (χ1n) is 6.44. The Bertz CT molecular complexity index is 525. The van der Waals surface area contributed by atoms with Gasteiger partial charge >= 0.3 is 0 Å². The molecule has 4 nitrogen and oxygen atoms in total. The van der Waals surface area contributed by atoms with Crippen molar-refractivity contribution in [2.24, 2.45) is 0 Å². The Kier molecular flexibility index (Phi) is 4.65. The molecule has 2 heterocycles. The van der Waals surface area contributed by atoms with Crippen molar-refractivity contribution >= 4 is 22.7 Å². The predicted octanol–water partition coefficient (Wildman–Crippen LogP) is 3.29. The standard InChI is InChI=1S/C13H20N4S2/c1-9-14-8-10(18-9)12-17-16-11(19-12)6-5-7-15-13(2,3)4/h8,15H,5-7H2,1-4H3. The van der Waals surface area contributed by atoms with E-state index < -0.39 is 0 Å². The first kappa shape index (κ1) is 14.6. The van der Waals surface area contributed by atoms with Crippen LogP contribution < -0.4 is 5.32 Å². The van der Waals surface area contributed by atoms with Gasteiger partial charge in [0.2, 0.25) is 0 Å². The molecule has 0 aromatic carbocycles. The quantitative estimate of drug-likeness (QED) is 0.860. The average molecular weight is 296 g/mol. The van der Waals surface area contributed by atoms with Crippen molar-refractivity contribution in [2.75, 3.05) is 6.54 Å². The maximum absolute atomic E-state index is 4.26. The van der Waals surface area contributed by atoms with Crippen molar-refractivity contribution in [1.29, 1.82) is 0 Å². The molecule has 0 unspecified atom stereocenters. The maximum atomic E-state index is 4.26. The molecule has 0 radical (unpaired) electrons. The van der Waals surface area contributed by atoms with E-state index in [-0.39, 0.29) is 5.54 Å². The fourth-order valence-corrected chi connectivity index (χ4v) is 3.31. The zero-order valence-corrected chi connectivity index (χ0v) is 13.5. The molecule has 0 saturated heterocycles. The summed E-state index contributed by atoms with van der Waals surface area (Å²) in [6, 6.07) is 0. The lowest BCUT2D eigenvalue weighted by Gasteiger charge is -2.20. The molecule has 104 valence electrons. The lowest BCUT2D eigenvalue weighted by molar-refractivity contribution is 0.422. The first-order valence-corrected chi connectivity index (χ1v) is 8.07. The maximum Gasteiger partial charge on any atom is 0.159 e. The van der Waals surface area contributed by atoms with Crippen molar-refractivity contribution in [2.45, 2.75) is 46.1 Å². The summed E-state index contributed by atoms with van der Waals surface area (Å²) in [6.07, 6.45) is 3.96. The monoisotopic (exact) mass is 296 g/mol. The van der Waals surface area contributed by atoms with Crippen molar-refractivity contribution in [3.63, 3.8) is 0 Å². The molecule has 0 spiro atoms. The van der Waals surface area contributed by atoms with Crippen molar-refractivity contribution in [3.8, 4) is 9.88 Å². The highest BCUT2D eigenvalue weighted by molar-refractivity contribution is 7.21. The fourth-order valence-electron chi connectivity index (χ4n) is 1.62. The van der Waals surface area contributed by atoms with Crippen LogP contribution in [0.5, 0.6) is 0 Å². The smallest absolute Gasteiger partial charge is 0.159 e. The van der Waals surface area contributed by atoms with Gasteiger partial charge in [-0.15, -0.1) is 21.5 Å². The molecule has 2 aromatic heterocycles. The Morgan fingerprint density at radius 2 is 2.00 bits per heavy atom. The number of thiazole rings is 1. The largest absolute Gasteiger partial charge is 0.312 e. The van der Waals surface area contributed by atoms with E-state index in [1.54, 1.807) is 22.7 Å². The molecule has 0 aliphatic carbocycles.